The maximum absolute atomic E-state index is 12.5. The Labute approximate surface area is 216 Å². The molecule has 202 valence electrons. The first-order valence-corrected chi connectivity index (χ1v) is 13.8. The molecule has 2 rings (SSSR count). The van der Waals surface area contributed by atoms with Gasteiger partial charge in [0.1, 0.15) is 11.9 Å². The smallest absolute Gasteiger partial charge is 0.337 e. The Morgan fingerprint density at radius 2 is 1.47 bits per heavy atom. The maximum atomic E-state index is 12.5. The molecule has 3 unspecified atom stereocenters. The number of rotatable bonds is 17. The van der Waals surface area contributed by atoms with Crippen LogP contribution in [-0.4, -0.2) is 33.2 Å². The summed E-state index contributed by atoms with van der Waals surface area (Å²) >= 11 is 0. The second-order valence-corrected chi connectivity index (χ2v) is 10.7. The zero-order valence-electron chi connectivity index (χ0n) is 22.4. The molecule has 1 saturated heterocycles. The highest BCUT2D eigenvalue weighted by Gasteiger charge is 2.40. The van der Waals surface area contributed by atoms with E-state index >= 15 is 0 Å². The molecule has 0 aromatic heterocycles. The molecule has 1 fully saturated rings. The zero-order chi connectivity index (χ0) is 26.5. The fraction of sp³-hybridized carbons (Fsp3) is 0.667. The minimum Gasteiger partial charge on any atom is -0.504 e. The molecule has 1 aliphatic rings. The molecule has 0 radical (unpaired) electrons. The molecule has 0 aliphatic carbocycles. The average molecular weight is 503 g/mol. The van der Waals surface area contributed by atoms with Crippen LogP contribution in [0.15, 0.2) is 29.8 Å². The number of allylic oxidation sites excluding steroid dienone is 1. The van der Waals surface area contributed by atoms with Crippen molar-refractivity contribution in [2.75, 3.05) is 0 Å². The first-order valence-electron chi connectivity index (χ1n) is 13.8. The Kier molecular flexibility index (Phi) is 13.0. The van der Waals surface area contributed by atoms with Crippen LogP contribution < -0.4 is 0 Å². The highest BCUT2D eigenvalue weighted by molar-refractivity contribution is 5.92. The lowest BCUT2D eigenvalue weighted by Crippen LogP contribution is -2.16. The summed E-state index contributed by atoms with van der Waals surface area (Å²) in [4.78, 5) is 23.4. The number of carbonyl (C=O) groups excluding carboxylic acids is 2. The van der Waals surface area contributed by atoms with Gasteiger partial charge in [-0.3, -0.25) is 0 Å². The van der Waals surface area contributed by atoms with Crippen molar-refractivity contribution in [2.45, 2.75) is 116 Å². The number of aliphatic hydroxyl groups is 1. The Balaban J connectivity index is 1.69. The molecule has 0 saturated carbocycles. The summed E-state index contributed by atoms with van der Waals surface area (Å²) < 4.78 is 5.41. The molecule has 1 heterocycles. The number of carbonyl (C=O) groups is 2. The van der Waals surface area contributed by atoms with Gasteiger partial charge in [0.15, 0.2) is 17.6 Å². The molecule has 3 atom stereocenters. The van der Waals surface area contributed by atoms with Gasteiger partial charge in [-0.05, 0) is 49.3 Å². The van der Waals surface area contributed by atoms with Crippen molar-refractivity contribution in [3.63, 3.8) is 0 Å². The Hall–Kier alpha value is -2.34. The summed E-state index contributed by atoms with van der Waals surface area (Å²) in [6, 6.07) is 4.18. The molecule has 1 aromatic rings. The lowest BCUT2D eigenvalue weighted by molar-refractivity contribution is -0.140. The Bertz CT molecular complexity index is 859. The summed E-state index contributed by atoms with van der Waals surface area (Å²) in [6.07, 6.45) is 14.9. The van der Waals surface area contributed by atoms with Gasteiger partial charge >= 0.3 is 5.97 Å². The van der Waals surface area contributed by atoms with Crippen molar-refractivity contribution < 1.29 is 29.6 Å². The van der Waals surface area contributed by atoms with Gasteiger partial charge in [-0.25, -0.2) is 4.79 Å². The first-order chi connectivity index (χ1) is 17.2. The van der Waals surface area contributed by atoms with E-state index in [-0.39, 0.29) is 23.0 Å². The average Bonchev–Trinajstić information content (AvgIpc) is 3.10. The number of phenols is 2. The number of ether oxygens (including phenoxy) is 1. The van der Waals surface area contributed by atoms with Crippen LogP contribution in [0.2, 0.25) is 0 Å². The number of esters is 1. The van der Waals surface area contributed by atoms with Gasteiger partial charge in [-0.2, -0.15) is 0 Å². The van der Waals surface area contributed by atoms with Gasteiger partial charge < -0.3 is 24.9 Å². The molecule has 3 N–H and O–H groups in total. The van der Waals surface area contributed by atoms with Gasteiger partial charge in [0.2, 0.25) is 0 Å². The fourth-order valence-electron chi connectivity index (χ4n) is 4.85. The monoisotopic (exact) mass is 502 g/mol. The molecule has 0 amide bonds. The van der Waals surface area contributed by atoms with Crippen molar-refractivity contribution in [3.8, 4) is 11.5 Å². The van der Waals surface area contributed by atoms with Crippen LogP contribution in [0.1, 0.15) is 116 Å². The fourth-order valence-corrected chi connectivity index (χ4v) is 4.85. The third kappa shape index (κ3) is 9.96. The number of hydrogen-bond donors (Lipinski definition) is 3. The molecule has 0 bridgehead atoms. The van der Waals surface area contributed by atoms with Crippen molar-refractivity contribution in [2.24, 2.45) is 11.8 Å². The number of Topliss-reactive ketones (excluding diaryl/α,β-unsaturated/α-hetero) is 1. The van der Waals surface area contributed by atoms with Gasteiger partial charge in [-0.1, -0.05) is 90.2 Å². The maximum Gasteiger partial charge on any atom is 0.337 e. The molecule has 1 aliphatic heterocycles. The van der Waals surface area contributed by atoms with E-state index in [1.807, 2.05) is 6.08 Å². The third-order valence-electron chi connectivity index (χ3n) is 7.22. The predicted octanol–water partition coefficient (Wildman–Crippen LogP) is 6.92. The van der Waals surface area contributed by atoms with Crippen molar-refractivity contribution in [3.05, 3.63) is 35.4 Å². The second kappa shape index (κ2) is 15.7. The minimum atomic E-state index is -1.10. The van der Waals surface area contributed by atoms with Crippen molar-refractivity contribution in [1.82, 2.24) is 0 Å². The largest absolute Gasteiger partial charge is 0.504 e. The summed E-state index contributed by atoms with van der Waals surface area (Å²) in [5.74, 6) is -0.280. The summed E-state index contributed by atoms with van der Waals surface area (Å²) in [7, 11) is 0. The highest BCUT2D eigenvalue weighted by atomic mass is 16.6. The van der Waals surface area contributed by atoms with Gasteiger partial charge in [-0.15, -0.1) is 0 Å². The number of unbranched alkanes of at least 4 members (excludes halogenated alkanes) is 10. The molecule has 6 heteroatoms. The number of cyclic esters (lactones) is 1. The van der Waals surface area contributed by atoms with E-state index < -0.39 is 18.2 Å². The van der Waals surface area contributed by atoms with E-state index in [0.29, 0.717) is 17.3 Å². The topological polar surface area (TPSA) is 104 Å². The van der Waals surface area contributed by atoms with Crippen LogP contribution in [0.25, 0.3) is 0 Å². The standard InChI is InChI=1S/C30H46O6/c1-21(2)23(16-14-12-10-8-6-4-5-7-9-11-13-15-22(3)31)19-25-28(34)29(36-30(25)35)24-17-18-26(32)27(33)20-24/h17-21,23,28-29,32-34H,4-16H2,1-3H3. The summed E-state index contributed by atoms with van der Waals surface area (Å²) in [5, 5.41) is 30.1. The number of aliphatic hydroxyl groups excluding tert-OH is 1. The summed E-state index contributed by atoms with van der Waals surface area (Å²) in [5.41, 5.74) is 0.733. The zero-order valence-corrected chi connectivity index (χ0v) is 22.4. The highest BCUT2D eigenvalue weighted by Crippen LogP contribution is 2.38. The van der Waals surface area contributed by atoms with E-state index in [1.165, 1.54) is 76.0 Å². The molecule has 0 spiro atoms. The third-order valence-corrected chi connectivity index (χ3v) is 7.22. The molecule has 1 aromatic carbocycles. The molecule has 36 heavy (non-hydrogen) atoms. The number of ketones is 1. The van der Waals surface area contributed by atoms with Crippen molar-refractivity contribution >= 4 is 11.8 Å². The van der Waals surface area contributed by atoms with Crippen molar-refractivity contribution in [1.29, 1.82) is 0 Å². The lowest BCUT2D eigenvalue weighted by Gasteiger charge is -2.18. The quantitative estimate of drug-likeness (QED) is 0.0925. The number of phenolic OH excluding ortho intramolecular Hbond substituents is 2. The molecular weight excluding hydrogens is 456 g/mol. The second-order valence-electron chi connectivity index (χ2n) is 10.7. The van der Waals surface area contributed by atoms with E-state index in [1.54, 1.807) is 6.92 Å². The van der Waals surface area contributed by atoms with Gasteiger partial charge in [0.25, 0.3) is 0 Å². The number of aromatic hydroxyl groups is 2. The van der Waals surface area contributed by atoms with Gasteiger partial charge in [0, 0.05) is 6.42 Å². The Morgan fingerprint density at radius 3 is 2.00 bits per heavy atom. The predicted molar refractivity (Wildman–Crippen MR) is 142 cm³/mol. The van der Waals surface area contributed by atoms with Crippen LogP contribution in [0, 0.1) is 11.8 Å². The van der Waals surface area contributed by atoms with Crippen LogP contribution in [0.3, 0.4) is 0 Å². The van der Waals surface area contributed by atoms with Gasteiger partial charge in [0.05, 0.1) is 5.57 Å². The minimum absolute atomic E-state index is 0.178. The van der Waals surface area contributed by atoms with Crippen LogP contribution in [-0.2, 0) is 14.3 Å². The van der Waals surface area contributed by atoms with E-state index in [0.717, 1.165) is 25.7 Å². The first kappa shape index (κ1) is 29.9. The normalized spacial score (nSPS) is 19.7. The Morgan fingerprint density at radius 1 is 0.917 bits per heavy atom. The number of benzene rings is 1. The molecular formula is C30H46O6. The lowest BCUT2D eigenvalue weighted by atomic mass is 9.87. The van der Waals surface area contributed by atoms with E-state index in [2.05, 4.69) is 13.8 Å². The SMILES string of the molecule is CC(=O)CCCCCCCCCCCCCC(C=C1C(=O)OC(c2ccc(O)c(O)c2)C1O)C(C)C. The number of hydrogen-bond acceptors (Lipinski definition) is 6. The summed E-state index contributed by atoms with van der Waals surface area (Å²) in [6.45, 7) is 5.92. The van der Waals surface area contributed by atoms with Crippen LogP contribution in [0.4, 0.5) is 0 Å². The molecule has 6 nitrogen and oxygen atoms in total. The van der Waals surface area contributed by atoms with E-state index in [4.69, 9.17) is 4.74 Å². The van der Waals surface area contributed by atoms with Crippen LogP contribution in [0.5, 0.6) is 11.5 Å². The van der Waals surface area contributed by atoms with Crippen LogP contribution >= 0.6 is 0 Å². The van der Waals surface area contributed by atoms with E-state index in [9.17, 15) is 24.9 Å².